The molecular formula is C18H22ClF3N5OP. The molecule has 29 heavy (non-hydrogen) atoms. The summed E-state index contributed by atoms with van der Waals surface area (Å²) >= 11 is 6.02. The number of benzene rings is 1. The van der Waals surface area contributed by atoms with Crippen LogP contribution in [0, 0.1) is 0 Å². The lowest BCUT2D eigenvalue weighted by Gasteiger charge is -2.24. The Morgan fingerprint density at radius 3 is 2.69 bits per heavy atom. The number of halogens is 4. The fraction of sp³-hybridized carbons (Fsp3) is 0.444. The molecule has 3 N–H and O–H groups in total. The Hall–Kier alpha value is -1.83. The van der Waals surface area contributed by atoms with Crippen molar-refractivity contribution in [1.82, 2.24) is 15.3 Å². The van der Waals surface area contributed by atoms with Crippen molar-refractivity contribution >= 4 is 41.5 Å². The average molecular weight is 448 g/mol. The molecule has 1 fully saturated rings. The van der Waals surface area contributed by atoms with E-state index in [0.29, 0.717) is 16.9 Å². The number of nitrogens with one attached hydrogen (secondary N) is 3. The van der Waals surface area contributed by atoms with Gasteiger partial charge in [-0.1, -0.05) is 11.6 Å². The standard InChI is InChI=1S/C18H22ClF3N5OP/c1-29(2,28)15-6-5-11(19)8-14(15)26-16-13(18(20,21)22)10-24-17(27-16)25-12-4-3-7-23-9-12/h5-6,8,10,12,23H,3-4,7,9H2,1-2H3,(H2,24,25,26,27)/t12-/m0/s1. The molecule has 0 bridgehead atoms. The van der Waals surface area contributed by atoms with Crippen LogP contribution >= 0.6 is 18.7 Å². The van der Waals surface area contributed by atoms with E-state index in [2.05, 4.69) is 25.9 Å². The molecular weight excluding hydrogens is 426 g/mol. The molecule has 1 aromatic heterocycles. The van der Waals surface area contributed by atoms with E-state index < -0.39 is 24.7 Å². The quantitative estimate of drug-likeness (QED) is 0.593. The molecule has 0 spiro atoms. The first kappa shape index (κ1) is 21.9. The van der Waals surface area contributed by atoms with Gasteiger partial charge in [-0.15, -0.1) is 0 Å². The van der Waals surface area contributed by atoms with Crippen molar-refractivity contribution in [2.24, 2.45) is 0 Å². The summed E-state index contributed by atoms with van der Waals surface area (Å²) in [6, 6.07) is 4.57. The molecule has 1 aliphatic rings. The van der Waals surface area contributed by atoms with Gasteiger partial charge in [0.25, 0.3) is 0 Å². The highest BCUT2D eigenvalue weighted by Crippen LogP contribution is 2.41. The van der Waals surface area contributed by atoms with E-state index in [1.807, 2.05) is 0 Å². The average Bonchev–Trinajstić information content (AvgIpc) is 2.61. The summed E-state index contributed by atoms with van der Waals surface area (Å²) in [5.74, 6) is -0.329. The SMILES string of the molecule is CP(C)(=O)c1ccc(Cl)cc1Nc1nc(N[C@H]2CCCNC2)ncc1C(F)(F)F. The number of anilines is 3. The lowest BCUT2D eigenvalue weighted by Crippen LogP contribution is -2.38. The van der Waals surface area contributed by atoms with Crippen LogP contribution in [0.15, 0.2) is 24.4 Å². The van der Waals surface area contributed by atoms with Gasteiger partial charge in [0, 0.05) is 29.1 Å². The number of piperidine rings is 1. The molecule has 2 heterocycles. The van der Waals surface area contributed by atoms with Crippen LogP contribution in [0.2, 0.25) is 5.02 Å². The van der Waals surface area contributed by atoms with Crippen molar-refractivity contribution in [2.75, 3.05) is 37.1 Å². The van der Waals surface area contributed by atoms with E-state index in [4.69, 9.17) is 11.6 Å². The largest absolute Gasteiger partial charge is 0.421 e. The first-order valence-corrected chi connectivity index (χ1v) is 12.1. The van der Waals surface area contributed by atoms with Gasteiger partial charge in [-0.05, 0) is 50.9 Å². The zero-order valence-electron chi connectivity index (χ0n) is 16.0. The van der Waals surface area contributed by atoms with Gasteiger partial charge in [-0.2, -0.15) is 18.2 Å². The molecule has 0 unspecified atom stereocenters. The van der Waals surface area contributed by atoms with Gasteiger partial charge in [0.1, 0.15) is 18.5 Å². The normalized spacial score (nSPS) is 17.8. The molecule has 0 saturated carbocycles. The summed E-state index contributed by atoms with van der Waals surface area (Å²) in [6.45, 7) is 4.66. The van der Waals surface area contributed by atoms with Crippen LogP contribution in [0.4, 0.5) is 30.6 Å². The topological polar surface area (TPSA) is 78.9 Å². The molecule has 6 nitrogen and oxygen atoms in total. The van der Waals surface area contributed by atoms with E-state index in [0.717, 1.165) is 25.6 Å². The van der Waals surface area contributed by atoms with Crippen molar-refractivity contribution in [1.29, 1.82) is 0 Å². The zero-order valence-corrected chi connectivity index (χ0v) is 17.6. The number of hydrogen-bond acceptors (Lipinski definition) is 6. The Morgan fingerprint density at radius 1 is 1.31 bits per heavy atom. The molecule has 158 valence electrons. The Morgan fingerprint density at radius 2 is 2.07 bits per heavy atom. The van der Waals surface area contributed by atoms with Crippen molar-refractivity contribution in [3.63, 3.8) is 0 Å². The van der Waals surface area contributed by atoms with Crippen LogP contribution in [0.1, 0.15) is 18.4 Å². The van der Waals surface area contributed by atoms with Gasteiger partial charge in [0.2, 0.25) is 5.95 Å². The highest BCUT2D eigenvalue weighted by molar-refractivity contribution is 7.70. The van der Waals surface area contributed by atoms with E-state index in [1.165, 1.54) is 19.4 Å². The Kier molecular flexibility index (Phi) is 6.41. The number of aromatic nitrogens is 2. The van der Waals surface area contributed by atoms with Gasteiger partial charge in [0.05, 0.1) is 5.69 Å². The summed E-state index contributed by atoms with van der Waals surface area (Å²) < 4.78 is 53.2. The van der Waals surface area contributed by atoms with E-state index in [9.17, 15) is 17.7 Å². The third kappa shape index (κ3) is 5.62. The molecule has 0 aliphatic carbocycles. The maximum absolute atomic E-state index is 13.5. The predicted molar refractivity (Wildman–Crippen MR) is 110 cm³/mol. The minimum Gasteiger partial charge on any atom is -0.350 e. The molecule has 1 aliphatic heterocycles. The second-order valence-corrected chi connectivity index (χ2v) is 10.9. The van der Waals surface area contributed by atoms with E-state index in [-0.39, 0.29) is 17.7 Å². The van der Waals surface area contributed by atoms with E-state index in [1.54, 1.807) is 12.1 Å². The maximum atomic E-state index is 13.5. The number of nitrogens with zero attached hydrogens (tertiary/aromatic N) is 2. The fourth-order valence-corrected chi connectivity index (χ4v) is 4.42. The van der Waals surface area contributed by atoms with Crippen molar-refractivity contribution in [3.8, 4) is 0 Å². The maximum Gasteiger partial charge on any atom is 0.421 e. The summed E-state index contributed by atoms with van der Waals surface area (Å²) in [7, 11) is -2.78. The summed E-state index contributed by atoms with van der Waals surface area (Å²) in [5.41, 5.74) is -0.793. The van der Waals surface area contributed by atoms with Gasteiger partial charge in [0.15, 0.2) is 0 Å². The van der Waals surface area contributed by atoms with Crippen molar-refractivity contribution < 1.29 is 17.7 Å². The van der Waals surface area contributed by atoms with Crippen LogP contribution < -0.4 is 21.3 Å². The van der Waals surface area contributed by atoms with Gasteiger partial charge in [-0.3, -0.25) is 0 Å². The van der Waals surface area contributed by atoms with Gasteiger partial charge >= 0.3 is 6.18 Å². The fourth-order valence-electron chi connectivity index (χ4n) is 3.12. The summed E-state index contributed by atoms with van der Waals surface area (Å²) in [5, 5.41) is 9.67. The molecule has 2 aromatic rings. The second-order valence-electron chi connectivity index (χ2n) is 7.28. The van der Waals surface area contributed by atoms with Crippen molar-refractivity contribution in [2.45, 2.75) is 25.1 Å². The van der Waals surface area contributed by atoms with Crippen LogP contribution in [0.25, 0.3) is 0 Å². The predicted octanol–water partition coefficient (Wildman–Crippen LogP) is 4.30. The Labute approximate surface area is 172 Å². The van der Waals surface area contributed by atoms with E-state index >= 15 is 0 Å². The Balaban J connectivity index is 1.99. The minimum absolute atomic E-state index is 0.0292. The highest BCUT2D eigenvalue weighted by Gasteiger charge is 2.36. The van der Waals surface area contributed by atoms with Crippen LogP contribution in [0.5, 0.6) is 0 Å². The third-order valence-corrected chi connectivity index (χ3v) is 6.30. The van der Waals surface area contributed by atoms with Gasteiger partial charge in [-0.25, -0.2) is 4.98 Å². The van der Waals surface area contributed by atoms with Crippen LogP contribution in [0.3, 0.4) is 0 Å². The lowest BCUT2D eigenvalue weighted by molar-refractivity contribution is -0.137. The second kappa shape index (κ2) is 8.50. The van der Waals surface area contributed by atoms with Gasteiger partial charge < -0.3 is 20.5 Å². The molecule has 1 atom stereocenters. The van der Waals surface area contributed by atoms with Crippen LogP contribution in [-0.2, 0) is 10.7 Å². The third-order valence-electron chi connectivity index (χ3n) is 4.52. The van der Waals surface area contributed by atoms with Crippen LogP contribution in [-0.4, -0.2) is 42.4 Å². The number of hydrogen-bond donors (Lipinski definition) is 3. The van der Waals surface area contributed by atoms with Crippen molar-refractivity contribution in [3.05, 3.63) is 35.0 Å². The molecule has 1 saturated heterocycles. The number of rotatable bonds is 5. The monoisotopic (exact) mass is 447 g/mol. The summed E-state index contributed by atoms with van der Waals surface area (Å²) in [4.78, 5) is 7.91. The summed E-state index contributed by atoms with van der Waals surface area (Å²) in [6.07, 6.45) is -2.09. The zero-order chi connectivity index (χ0) is 21.2. The molecule has 1 aromatic carbocycles. The molecule has 0 amide bonds. The molecule has 0 radical (unpaired) electrons. The highest BCUT2D eigenvalue weighted by atomic mass is 35.5. The first-order valence-electron chi connectivity index (χ1n) is 9.07. The lowest BCUT2D eigenvalue weighted by atomic mass is 10.1. The molecule has 11 heteroatoms. The molecule has 3 rings (SSSR count). The number of alkyl halides is 3. The first-order chi connectivity index (χ1) is 13.5. The Bertz CT molecular complexity index is 928. The smallest absolute Gasteiger partial charge is 0.350 e. The minimum atomic E-state index is -4.66.